The van der Waals surface area contributed by atoms with Crippen LogP contribution in [-0.2, 0) is 15.8 Å². The molecule has 1 saturated carbocycles. The molecule has 1 aliphatic carbocycles. The van der Waals surface area contributed by atoms with Gasteiger partial charge in [-0.2, -0.15) is 13.2 Å². The second-order valence-electron chi connectivity index (χ2n) is 8.87. The van der Waals surface area contributed by atoms with Gasteiger partial charge in [-0.1, -0.05) is 24.6 Å². The summed E-state index contributed by atoms with van der Waals surface area (Å²) in [6.07, 6.45) is 0.720. The van der Waals surface area contributed by atoms with Gasteiger partial charge in [-0.05, 0) is 50.8 Å². The maximum atomic E-state index is 13.3. The summed E-state index contributed by atoms with van der Waals surface area (Å²) < 4.78 is 44.5. The molecular formula is C25H27F3N4O3. The van der Waals surface area contributed by atoms with Gasteiger partial charge in [-0.15, -0.1) is 0 Å². The minimum absolute atomic E-state index is 0.0975. The largest absolute Gasteiger partial charge is 0.473 e. The second-order valence-corrected chi connectivity index (χ2v) is 8.87. The molecule has 10 heteroatoms. The van der Waals surface area contributed by atoms with Gasteiger partial charge in [0.1, 0.15) is 24.0 Å². The summed E-state index contributed by atoms with van der Waals surface area (Å²) in [5.41, 5.74) is -1.23. The Hall–Kier alpha value is -3.43. The molecule has 7 nitrogen and oxygen atoms in total. The molecule has 0 radical (unpaired) electrons. The molecule has 186 valence electrons. The van der Waals surface area contributed by atoms with Gasteiger partial charge in [0, 0.05) is 17.8 Å². The first-order chi connectivity index (χ1) is 16.7. The molecule has 1 unspecified atom stereocenters. The van der Waals surface area contributed by atoms with Crippen molar-refractivity contribution in [3.8, 4) is 5.88 Å². The molecule has 1 fully saturated rings. The number of aromatic nitrogens is 1. The van der Waals surface area contributed by atoms with E-state index >= 15 is 0 Å². The second kappa shape index (κ2) is 10.1. The molecule has 1 N–H and O–H groups in total. The first kappa shape index (κ1) is 24.7. The molecule has 1 aromatic heterocycles. The third-order valence-electron chi connectivity index (χ3n) is 6.26. The van der Waals surface area contributed by atoms with Crippen molar-refractivity contribution >= 4 is 17.5 Å². The zero-order valence-corrected chi connectivity index (χ0v) is 19.3. The highest BCUT2D eigenvalue weighted by molar-refractivity contribution is 6.47. The number of aliphatic imine (C=N–C) groups is 1. The minimum atomic E-state index is -4.47. The fourth-order valence-corrected chi connectivity index (χ4v) is 4.48. The lowest BCUT2D eigenvalue weighted by Crippen LogP contribution is -2.52. The van der Waals surface area contributed by atoms with Crippen molar-refractivity contribution in [1.82, 2.24) is 15.2 Å². The molecule has 0 saturated heterocycles. The highest BCUT2D eigenvalue weighted by atomic mass is 19.4. The molecule has 1 aliphatic heterocycles. The Morgan fingerprint density at radius 2 is 1.86 bits per heavy atom. The van der Waals surface area contributed by atoms with Gasteiger partial charge in [-0.25, -0.2) is 4.98 Å². The molecule has 4 rings (SSSR count). The third-order valence-corrected chi connectivity index (χ3v) is 6.26. The van der Waals surface area contributed by atoms with Crippen LogP contribution >= 0.6 is 0 Å². The van der Waals surface area contributed by atoms with Crippen molar-refractivity contribution < 1.29 is 27.5 Å². The summed E-state index contributed by atoms with van der Waals surface area (Å²) >= 11 is 0. The fraction of sp³-hybridized carbons (Fsp3) is 0.440. The van der Waals surface area contributed by atoms with Crippen molar-refractivity contribution in [1.29, 1.82) is 0 Å². The molecule has 2 aromatic rings. The topological polar surface area (TPSA) is 83.9 Å². The van der Waals surface area contributed by atoms with E-state index in [1.807, 2.05) is 0 Å². The molecule has 35 heavy (non-hydrogen) atoms. The van der Waals surface area contributed by atoms with E-state index in [1.54, 1.807) is 31.3 Å². The normalized spacial score (nSPS) is 18.3. The van der Waals surface area contributed by atoms with Gasteiger partial charge >= 0.3 is 6.18 Å². The van der Waals surface area contributed by atoms with E-state index in [0.29, 0.717) is 24.3 Å². The Morgan fingerprint density at radius 1 is 1.14 bits per heavy atom. The molecule has 2 amide bonds. The number of pyridine rings is 1. The summed E-state index contributed by atoms with van der Waals surface area (Å²) in [5.74, 6) is -0.358. The van der Waals surface area contributed by atoms with Gasteiger partial charge < -0.3 is 15.0 Å². The minimum Gasteiger partial charge on any atom is -0.473 e. The fourth-order valence-electron chi connectivity index (χ4n) is 4.48. The van der Waals surface area contributed by atoms with E-state index in [4.69, 9.17) is 9.73 Å². The van der Waals surface area contributed by atoms with Crippen LogP contribution < -0.4 is 10.1 Å². The summed E-state index contributed by atoms with van der Waals surface area (Å²) in [7, 11) is 0. The van der Waals surface area contributed by atoms with Crippen LogP contribution in [0.5, 0.6) is 5.88 Å². The van der Waals surface area contributed by atoms with Gasteiger partial charge in [-0.3, -0.25) is 14.6 Å². The van der Waals surface area contributed by atoms with E-state index in [-0.39, 0.29) is 30.8 Å². The first-order valence-corrected chi connectivity index (χ1v) is 11.6. The van der Waals surface area contributed by atoms with Crippen LogP contribution in [0, 0.1) is 0 Å². The first-order valence-electron chi connectivity index (χ1n) is 11.6. The molecule has 1 atom stereocenters. The summed E-state index contributed by atoms with van der Waals surface area (Å²) in [4.78, 5) is 36.4. The van der Waals surface area contributed by atoms with Crippen LogP contribution in [-0.4, -0.2) is 52.3 Å². The number of carbonyl (C=O) groups excluding carboxylic acids is 2. The average Bonchev–Trinajstić information content (AvgIpc) is 3.09. The van der Waals surface area contributed by atoms with E-state index in [1.165, 1.54) is 17.0 Å². The van der Waals surface area contributed by atoms with Gasteiger partial charge in [0.2, 0.25) is 11.8 Å². The predicted octanol–water partition coefficient (Wildman–Crippen LogP) is 3.98. The van der Waals surface area contributed by atoms with Crippen LogP contribution in [0.1, 0.15) is 50.2 Å². The number of hydrogen-bond donors (Lipinski definition) is 1. The Labute approximate surface area is 201 Å². The average molecular weight is 489 g/mol. The number of benzene rings is 1. The van der Waals surface area contributed by atoms with Crippen LogP contribution in [0.3, 0.4) is 0 Å². The van der Waals surface area contributed by atoms with Crippen LogP contribution in [0.15, 0.2) is 53.7 Å². The lowest BCUT2D eigenvalue weighted by Gasteiger charge is -2.38. The van der Waals surface area contributed by atoms with E-state index < -0.39 is 23.3 Å². The Balaban J connectivity index is 1.45. The molecule has 1 aromatic carbocycles. The number of nitrogens with zero attached hydrogens (tertiary/aromatic N) is 3. The van der Waals surface area contributed by atoms with Crippen molar-refractivity contribution in [2.75, 3.05) is 13.1 Å². The van der Waals surface area contributed by atoms with Gasteiger partial charge in [0.25, 0.3) is 5.91 Å². The summed E-state index contributed by atoms with van der Waals surface area (Å²) in [6, 6.07) is 9.69. The molecule has 2 aliphatic rings. The van der Waals surface area contributed by atoms with Crippen LogP contribution in [0.2, 0.25) is 0 Å². The lowest BCUT2D eigenvalue weighted by atomic mass is 9.88. The standard InChI is InChI=1S/C25H27F3N4O3/c1-17(35-21-7-3-6-14-29-21)15-30-20(33)16-32-23(34)22(31-24(32)12-4-2-5-13-24)18-8-10-19(11-9-18)25(26,27)28/h3,6-11,14,17H,2,4-5,12-13,15-16H2,1H3,(H,30,33). The molecular weight excluding hydrogens is 461 g/mol. The SMILES string of the molecule is CC(CNC(=O)CN1C(=O)C(c2ccc(C(F)(F)F)cc2)=NC12CCCCC2)Oc1ccccn1. The zero-order valence-electron chi connectivity index (χ0n) is 19.3. The lowest BCUT2D eigenvalue weighted by molar-refractivity contribution is -0.137. The molecule has 0 bridgehead atoms. The Bertz CT molecular complexity index is 1080. The monoisotopic (exact) mass is 488 g/mol. The maximum Gasteiger partial charge on any atom is 0.416 e. The molecule has 1 spiro atoms. The van der Waals surface area contributed by atoms with Crippen molar-refractivity contribution in [3.63, 3.8) is 0 Å². The Morgan fingerprint density at radius 3 is 2.49 bits per heavy atom. The predicted molar refractivity (Wildman–Crippen MR) is 123 cm³/mol. The van der Waals surface area contributed by atoms with Gasteiger partial charge in [0.15, 0.2) is 0 Å². The Kier molecular flexibility index (Phi) is 7.09. The number of halogens is 3. The zero-order chi connectivity index (χ0) is 25.1. The van der Waals surface area contributed by atoms with Crippen molar-refractivity contribution in [3.05, 3.63) is 59.8 Å². The highest BCUT2D eigenvalue weighted by Gasteiger charge is 2.48. The van der Waals surface area contributed by atoms with E-state index in [2.05, 4.69) is 10.3 Å². The number of nitrogens with one attached hydrogen (secondary N) is 1. The number of carbonyl (C=O) groups is 2. The van der Waals surface area contributed by atoms with Crippen LogP contribution in [0.4, 0.5) is 13.2 Å². The smallest absolute Gasteiger partial charge is 0.416 e. The number of ether oxygens (including phenoxy) is 1. The van der Waals surface area contributed by atoms with Gasteiger partial charge in [0.05, 0.1) is 12.1 Å². The summed E-state index contributed by atoms with van der Waals surface area (Å²) in [6.45, 7) is 1.82. The third kappa shape index (κ3) is 5.63. The molecule has 2 heterocycles. The number of hydrogen-bond acceptors (Lipinski definition) is 5. The van der Waals surface area contributed by atoms with E-state index in [9.17, 15) is 22.8 Å². The number of alkyl halides is 3. The highest BCUT2D eigenvalue weighted by Crippen LogP contribution is 2.39. The summed E-state index contributed by atoms with van der Waals surface area (Å²) in [5, 5.41) is 2.79. The van der Waals surface area contributed by atoms with Crippen molar-refractivity contribution in [2.24, 2.45) is 4.99 Å². The quantitative estimate of drug-likeness (QED) is 0.639. The van der Waals surface area contributed by atoms with Crippen LogP contribution in [0.25, 0.3) is 0 Å². The van der Waals surface area contributed by atoms with E-state index in [0.717, 1.165) is 31.4 Å². The number of amides is 2. The maximum absolute atomic E-state index is 13.3. The van der Waals surface area contributed by atoms with Crippen molar-refractivity contribution in [2.45, 2.75) is 57.0 Å². The number of rotatable bonds is 7.